The first kappa shape index (κ1) is 13.1. The van der Waals surface area contributed by atoms with Gasteiger partial charge in [-0.25, -0.2) is 9.18 Å². The number of carbonyl (C=O) groups is 1. The Morgan fingerprint density at radius 1 is 1.11 bits per heavy atom. The number of halogens is 1. The fourth-order valence-electron chi connectivity index (χ4n) is 1.61. The van der Waals surface area contributed by atoms with Crippen LogP contribution in [0, 0.1) is 5.82 Å². The first-order valence-corrected chi connectivity index (χ1v) is 5.75. The largest absolute Gasteiger partial charge is 0.488 e. The molecule has 98 valence electrons. The average Bonchev–Trinajstić information content (AvgIpc) is 2.46. The Morgan fingerprint density at radius 3 is 2.47 bits per heavy atom. The van der Waals surface area contributed by atoms with Crippen molar-refractivity contribution in [3.63, 3.8) is 0 Å². The van der Waals surface area contributed by atoms with Gasteiger partial charge in [0.1, 0.15) is 23.7 Å². The maximum absolute atomic E-state index is 12.8. The zero-order valence-corrected chi connectivity index (χ0v) is 10.4. The van der Waals surface area contributed by atoms with E-state index in [9.17, 15) is 9.18 Å². The van der Waals surface area contributed by atoms with E-state index in [1.165, 1.54) is 19.2 Å². The molecule has 0 spiro atoms. The van der Waals surface area contributed by atoms with Crippen LogP contribution in [0.15, 0.2) is 48.5 Å². The van der Waals surface area contributed by atoms with Crippen molar-refractivity contribution in [3.8, 4) is 5.75 Å². The topological polar surface area (TPSA) is 35.5 Å². The van der Waals surface area contributed by atoms with Crippen LogP contribution < -0.4 is 4.74 Å². The second-order valence-corrected chi connectivity index (χ2v) is 3.90. The van der Waals surface area contributed by atoms with Crippen molar-refractivity contribution in [1.82, 2.24) is 0 Å². The number of methoxy groups -OCH3 is 1. The smallest absolute Gasteiger partial charge is 0.341 e. The van der Waals surface area contributed by atoms with Gasteiger partial charge in [0.15, 0.2) is 0 Å². The Bertz CT molecular complexity index is 564. The van der Waals surface area contributed by atoms with Gasteiger partial charge in [0.25, 0.3) is 0 Å². The number of carbonyl (C=O) groups excluding carboxylic acids is 1. The molecule has 0 amide bonds. The number of ether oxygens (including phenoxy) is 2. The molecular formula is C15H13FO3. The first-order valence-electron chi connectivity index (χ1n) is 5.75. The van der Waals surface area contributed by atoms with Crippen molar-refractivity contribution in [1.29, 1.82) is 0 Å². The van der Waals surface area contributed by atoms with Crippen molar-refractivity contribution < 1.29 is 18.7 Å². The molecule has 2 aromatic rings. The van der Waals surface area contributed by atoms with Crippen LogP contribution >= 0.6 is 0 Å². The third-order valence-corrected chi connectivity index (χ3v) is 2.60. The summed E-state index contributed by atoms with van der Waals surface area (Å²) in [5.74, 6) is -0.299. The molecule has 0 N–H and O–H groups in total. The summed E-state index contributed by atoms with van der Waals surface area (Å²) in [6.07, 6.45) is 0. The predicted molar refractivity (Wildman–Crippen MR) is 68.5 cm³/mol. The molecule has 0 fully saturated rings. The van der Waals surface area contributed by atoms with Crippen LogP contribution in [0.5, 0.6) is 5.75 Å². The van der Waals surface area contributed by atoms with Gasteiger partial charge in [-0.1, -0.05) is 24.3 Å². The number of benzene rings is 2. The van der Waals surface area contributed by atoms with Crippen LogP contribution in [-0.2, 0) is 11.3 Å². The van der Waals surface area contributed by atoms with Gasteiger partial charge < -0.3 is 9.47 Å². The molecule has 0 bridgehead atoms. The minimum atomic E-state index is -0.449. The van der Waals surface area contributed by atoms with Crippen molar-refractivity contribution in [2.75, 3.05) is 7.11 Å². The molecule has 0 aliphatic heterocycles. The van der Waals surface area contributed by atoms with Crippen LogP contribution in [-0.4, -0.2) is 13.1 Å². The van der Waals surface area contributed by atoms with Crippen LogP contribution in [0.3, 0.4) is 0 Å². The molecule has 0 unspecified atom stereocenters. The Morgan fingerprint density at radius 2 is 1.79 bits per heavy atom. The van der Waals surface area contributed by atoms with Gasteiger partial charge in [-0.3, -0.25) is 0 Å². The summed E-state index contributed by atoms with van der Waals surface area (Å²) in [6.45, 7) is 0.258. The fourth-order valence-corrected chi connectivity index (χ4v) is 1.61. The van der Waals surface area contributed by atoms with Crippen molar-refractivity contribution in [3.05, 3.63) is 65.5 Å². The lowest BCUT2D eigenvalue weighted by atomic mass is 10.2. The molecule has 2 rings (SSSR count). The van der Waals surface area contributed by atoms with Gasteiger partial charge in [-0.05, 0) is 29.8 Å². The maximum atomic E-state index is 12.8. The van der Waals surface area contributed by atoms with E-state index in [-0.39, 0.29) is 12.4 Å². The lowest BCUT2D eigenvalue weighted by molar-refractivity contribution is 0.0595. The minimum Gasteiger partial charge on any atom is -0.488 e. The Balaban J connectivity index is 2.11. The van der Waals surface area contributed by atoms with Crippen molar-refractivity contribution in [2.24, 2.45) is 0 Å². The number of rotatable bonds is 4. The lowest BCUT2D eigenvalue weighted by Gasteiger charge is -2.10. The molecule has 2 aromatic carbocycles. The zero-order valence-electron chi connectivity index (χ0n) is 10.4. The summed E-state index contributed by atoms with van der Waals surface area (Å²) in [4.78, 5) is 11.5. The maximum Gasteiger partial charge on any atom is 0.341 e. The highest BCUT2D eigenvalue weighted by atomic mass is 19.1. The van der Waals surface area contributed by atoms with Gasteiger partial charge in [0, 0.05) is 0 Å². The van der Waals surface area contributed by atoms with Crippen molar-refractivity contribution >= 4 is 5.97 Å². The lowest BCUT2D eigenvalue weighted by Crippen LogP contribution is -2.05. The SMILES string of the molecule is COC(=O)c1ccccc1OCc1ccc(F)cc1. The molecule has 3 nitrogen and oxygen atoms in total. The van der Waals surface area contributed by atoms with E-state index < -0.39 is 5.97 Å². The van der Waals surface area contributed by atoms with Crippen LogP contribution in [0.25, 0.3) is 0 Å². The number of hydrogen-bond acceptors (Lipinski definition) is 3. The first-order chi connectivity index (χ1) is 9.20. The van der Waals surface area contributed by atoms with Crippen molar-refractivity contribution in [2.45, 2.75) is 6.61 Å². The number of para-hydroxylation sites is 1. The van der Waals surface area contributed by atoms with E-state index in [2.05, 4.69) is 4.74 Å². The molecule has 19 heavy (non-hydrogen) atoms. The van der Waals surface area contributed by atoms with Crippen LogP contribution in [0.2, 0.25) is 0 Å². The monoisotopic (exact) mass is 260 g/mol. The molecule has 0 heterocycles. The standard InChI is InChI=1S/C15H13FO3/c1-18-15(17)13-4-2-3-5-14(13)19-10-11-6-8-12(16)9-7-11/h2-9H,10H2,1H3. The third-order valence-electron chi connectivity index (χ3n) is 2.60. The summed E-state index contributed by atoms with van der Waals surface area (Å²) < 4.78 is 23.0. The molecule has 0 saturated heterocycles. The van der Waals surface area contributed by atoms with E-state index in [1.54, 1.807) is 36.4 Å². The van der Waals surface area contributed by atoms with E-state index in [1.807, 2.05) is 0 Å². The third kappa shape index (κ3) is 3.31. The highest BCUT2D eigenvalue weighted by molar-refractivity contribution is 5.92. The fraction of sp³-hybridized carbons (Fsp3) is 0.133. The van der Waals surface area contributed by atoms with E-state index in [0.717, 1.165) is 5.56 Å². The Hall–Kier alpha value is -2.36. The Kier molecular flexibility index (Phi) is 4.13. The summed E-state index contributed by atoms with van der Waals surface area (Å²) >= 11 is 0. The van der Waals surface area contributed by atoms with Gasteiger partial charge in [-0.15, -0.1) is 0 Å². The summed E-state index contributed by atoms with van der Waals surface area (Å²) in [5.41, 5.74) is 1.19. The van der Waals surface area contributed by atoms with E-state index >= 15 is 0 Å². The highest BCUT2D eigenvalue weighted by Crippen LogP contribution is 2.20. The number of hydrogen-bond donors (Lipinski definition) is 0. The van der Waals surface area contributed by atoms with Crippen LogP contribution in [0.4, 0.5) is 4.39 Å². The molecule has 0 aromatic heterocycles. The molecule has 0 atom stereocenters. The van der Waals surface area contributed by atoms with Gasteiger partial charge in [-0.2, -0.15) is 0 Å². The van der Waals surface area contributed by atoms with E-state index in [0.29, 0.717) is 11.3 Å². The molecule has 4 heteroatoms. The second kappa shape index (κ2) is 6.00. The quantitative estimate of drug-likeness (QED) is 0.792. The second-order valence-electron chi connectivity index (χ2n) is 3.90. The van der Waals surface area contributed by atoms with Gasteiger partial charge in [0.05, 0.1) is 7.11 Å². The predicted octanol–water partition coefficient (Wildman–Crippen LogP) is 3.19. The molecule has 0 aliphatic rings. The summed E-state index contributed by atoms with van der Waals surface area (Å²) in [7, 11) is 1.32. The summed E-state index contributed by atoms with van der Waals surface area (Å²) in [6, 6.07) is 12.8. The highest BCUT2D eigenvalue weighted by Gasteiger charge is 2.11. The molecule has 0 saturated carbocycles. The van der Waals surface area contributed by atoms with Gasteiger partial charge in [0.2, 0.25) is 0 Å². The van der Waals surface area contributed by atoms with Crippen LogP contribution in [0.1, 0.15) is 15.9 Å². The molecular weight excluding hydrogens is 247 g/mol. The van der Waals surface area contributed by atoms with Gasteiger partial charge >= 0.3 is 5.97 Å². The average molecular weight is 260 g/mol. The normalized spacial score (nSPS) is 10.0. The minimum absolute atomic E-state index is 0.258. The number of esters is 1. The zero-order chi connectivity index (χ0) is 13.7. The van der Waals surface area contributed by atoms with E-state index in [4.69, 9.17) is 4.74 Å². The Labute approximate surface area is 110 Å². The molecule has 0 radical (unpaired) electrons. The summed E-state index contributed by atoms with van der Waals surface area (Å²) in [5, 5.41) is 0. The molecule has 0 aliphatic carbocycles.